The molecule has 184 valence electrons. The van der Waals surface area contributed by atoms with Crippen LogP contribution >= 0.6 is 11.6 Å². The molecule has 4 rings (SSSR count). The molecule has 2 aromatic heterocycles. The Kier molecular flexibility index (Phi) is 7.40. The summed E-state index contributed by atoms with van der Waals surface area (Å²) in [6.45, 7) is 8.37. The Morgan fingerprint density at radius 3 is 2.54 bits per heavy atom. The molecule has 0 aliphatic carbocycles. The Morgan fingerprint density at radius 1 is 1.09 bits per heavy atom. The number of anilines is 3. The molecule has 2 atom stereocenters. The highest BCUT2D eigenvalue weighted by molar-refractivity contribution is 6.30. The van der Waals surface area contributed by atoms with Gasteiger partial charge in [-0.1, -0.05) is 17.7 Å². The number of nitrogens with one attached hydrogen (secondary N) is 2. The maximum absolute atomic E-state index is 12.5. The standard InChI is InChI=1S/C26H31ClN6O2/c1-17-10-22(8-9-33(17)25(34)35-26(2,3)4)31-23-11-18(13-28-16-23)19-14-29-24(30-15-19)32-21-7-5-6-20(27)12-21/h5-7,11-17,22,31H,8-10H2,1-4H3,(H,29,30,32). The Balaban J connectivity index is 1.37. The number of halogens is 1. The molecule has 0 spiro atoms. The first-order valence-corrected chi connectivity index (χ1v) is 12.1. The molecule has 1 aliphatic rings. The minimum Gasteiger partial charge on any atom is -0.444 e. The van der Waals surface area contributed by atoms with Crippen molar-refractivity contribution in [3.05, 3.63) is 60.1 Å². The zero-order valence-electron chi connectivity index (χ0n) is 20.5. The highest BCUT2D eigenvalue weighted by Gasteiger charge is 2.31. The molecule has 0 radical (unpaired) electrons. The second-order valence-corrected chi connectivity index (χ2v) is 10.2. The Labute approximate surface area is 211 Å². The van der Waals surface area contributed by atoms with Crippen molar-refractivity contribution in [2.24, 2.45) is 0 Å². The van der Waals surface area contributed by atoms with Crippen LogP contribution in [0.5, 0.6) is 0 Å². The Bertz CT molecular complexity index is 1170. The lowest BCUT2D eigenvalue weighted by Crippen LogP contribution is -2.49. The third kappa shape index (κ3) is 6.82. The van der Waals surface area contributed by atoms with Crippen molar-refractivity contribution < 1.29 is 9.53 Å². The number of carbonyl (C=O) groups excluding carboxylic acids is 1. The summed E-state index contributed by atoms with van der Waals surface area (Å²) in [6, 6.07) is 9.76. The number of carbonyl (C=O) groups is 1. The van der Waals surface area contributed by atoms with E-state index in [0.29, 0.717) is 17.5 Å². The van der Waals surface area contributed by atoms with Crippen molar-refractivity contribution in [1.82, 2.24) is 19.9 Å². The van der Waals surface area contributed by atoms with Crippen LogP contribution in [0, 0.1) is 0 Å². The summed E-state index contributed by atoms with van der Waals surface area (Å²) in [5.41, 5.74) is 3.04. The van der Waals surface area contributed by atoms with Gasteiger partial charge >= 0.3 is 6.09 Å². The second-order valence-electron chi connectivity index (χ2n) is 9.78. The van der Waals surface area contributed by atoms with Gasteiger partial charge in [0.05, 0.1) is 5.69 Å². The lowest BCUT2D eigenvalue weighted by Gasteiger charge is -2.38. The number of pyridine rings is 1. The fraction of sp³-hybridized carbons (Fsp3) is 0.385. The van der Waals surface area contributed by atoms with E-state index in [2.05, 4.69) is 32.5 Å². The van der Waals surface area contributed by atoms with Crippen LogP contribution in [0.3, 0.4) is 0 Å². The Hall–Kier alpha value is -3.39. The van der Waals surface area contributed by atoms with Crippen molar-refractivity contribution in [2.45, 2.75) is 58.2 Å². The number of hydrogen-bond donors (Lipinski definition) is 2. The van der Waals surface area contributed by atoms with Crippen molar-refractivity contribution >= 4 is 35.0 Å². The number of aromatic nitrogens is 3. The summed E-state index contributed by atoms with van der Waals surface area (Å²) in [4.78, 5) is 27.5. The minimum atomic E-state index is -0.495. The monoisotopic (exact) mass is 494 g/mol. The summed E-state index contributed by atoms with van der Waals surface area (Å²) >= 11 is 6.04. The maximum atomic E-state index is 12.5. The first-order valence-electron chi connectivity index (χ1n) is 11.7. The molecule has 3 aromatic rings. The number of rotatable bonds is 5. The van der Waals surface area contributed by atoms with Gasteiger partial charge in [-0.15, -0.1) is 0 Å². The van der Waals surface area contributed by atoms with Gasteiger partial charge in [0.25, 0.3) is 0 Å². The summed E-state index contributed by atoms with van der Waals surface area (Å²) in [6.07, 6.45) is 8.55. The van der Waals surface area contributed by atoms with Crippen LogP contribution in [-0.2, 0) is 4.74 Å². The van der Waals surface area contributed by atoms with E-state index in [1.807, 2.05) is 62.2 Å². The van der Waals surface area contributed by atoms with E-state index < -0.39 is 5.60 Å². The number of piperidine rings is 1. The normalized spacial score (nSPS) is 18.1. The Morgan fingerprint density at radius 2 is 1.86 bits per heavy atom. The van der Waals surface area contributed by atoms with Crippen molar-refractivity contribution in [2.75, 3.05) is 17.2 Å². The van der Waals surface area contributed by atoms with E-state index in [1.54, 1.807) is 18.6 Å². The predicted molar refractivity (Wildman–Crippen MR) is 139 cm³/mol. The average molecular weight is 495 g/mol. The molecule has 0 bridgehead atoms. The van der Waals surface area contributed by atoms with Gasteiger partial charge in [0.2, 0.25) is 5.95 Å². The summed E-state index contributed by atoms with van der Waals surface area (Å²) in [5, 5.41) is 7.36. The molecule has 2 N–H and O–H groups in total. The predicted octanol–water partition coefficient (Wildman–Crippen LogP) is 6.14. The van der Waals surface area contributed by atoms with Crippen molar-refractivity contribution in [1.29, 1.82) is 0 Å². The maximum Gasteiger partial charge on any atom is 0.410 e. The third-order valence-corrected chi connectivity index (χ3v) is 5.91. The third-order valence-electron chi connectivity index (χ3n) is 5.68. The highest BCUT2D eigenvalue weighted by atomic mass is 35.5. The molecule has 1 aliphatic heterocycles. The molecule has 1 fully saturated rings. The largest absolute Gasteiger partial charge is 0.444 e. The number of amides is 1. The molecule has 0 saturated carbocycles. The summed E-state index contributed by atoms with van der Waals surface area (Å²) in [7, 11) is 0. The van der Waals surface area contributed by atoms with E-state index in [1.165, 1.54) is 0 Å². The second kappa shape index (κ2) is 10.5. The molecular weight excluding hydrogens is 464 g/mol. The number of hydrogen-bond acceptors (Lipinski definition) is 7. The van der Waals surface area contributed by atoms with Crippen LogP contribution in [0.15, 0.2) is 55.1 Å². The van der Waals surface area contributed by atoms with Gasteiger partial charge in [-0.05, 0) is 64.8 Å². The van der Waals surface area contributed by atoms with Crippen LogP contribution in [0.2, 0.25) is 5.02 Å². The van der Waals surface area contributed by atoms with Crippen molar-refractivity contribution in [3.8, 4) is 11.1 Å². The van der Waals surface area contributed by atoms with Crippen LogP contribution in [0.1, 0.15) is 40.5 Å². The zero-order chi connectivity index (χ0) is 25.0. The van der Waals surface area contributed by atoms with E-state index in [-0.39, 0.29) is 18.2 Å². The van der Waals surface area contributed by atoms with Crippen LogP contribution in [-0.4, -0.2) is 50.2 Å². The topological polar surface area (TPSA) is 92.3 Å². The molecule has 2 unspecified atom stereocenters. The van der Waals surface area contributed by atoms with E-state index in [0.717, 1.165) is 35.3 Å². The van der Waals surface area contributed by atoms with Gasteiger partial charge in [0.15, 0.2) is 0 Å². The number of nitrogens with zero attached hydrogens (tertiary/aromatic N) is 4. The van der Waals surface area contributed by atoms with Crippen LogP contribution < -0.4 is 10.6 Å². The number of likely N-dealkylation sites (tertiary alicyclic amines) is 1. The van der Waals surface area contributed by atoms with Gasteiger partial charge in [-0.2, -0.15) is 0 Å². The molecule has 35 heavy (non-hydrogen) atoms. The molecule has 1 aromatic carbocycles. The molecule has 8 nitrogen and oxygen atoms in total. The van der Waals surface area contributed by atoms with E-state index in [4.69, 9.17) is 16.3 Å². The van der Waals surface area contributed by atoms with Gasteiger partial charge in [0, 0.05) is 65.3 Å². The first kappa shape index (κ1) is 24.7. The fourth-order valence-corrected chi connectivity index (χ4v) is 4.23. The highest BCUT2D eigenvalue weighted by Crippen LogP contribution is 2.26. The molecule has 1 saturated heterocycles. The molecule has 3 heterocycles. The fourth-order valence-electron chi connectivity index (χ4n) is 4.04. The summed E-state index contributed by atoms with van der Waals surface area (Å²) in [5.74, 6) is 0.490. The van der Waals surface area contributed by atoms with Gasteiger partial charge in [-0.3, -0.25) is 4.98 Å². The van der Waals surface area contributed by atoms with Gasteiger partial charge in [-0.25, -0.2) is 14.8 Å². The van der Waals surface area contributed by atoms with E-state index in [9.17, 15) is 4.79 Å². The SMILES string of the molecule is CC1CC(Nc2cncc(-c3cnc(Nc4cccc(Cl)c4)nc3)c2)CCN1C(=O)OC(C)(C)C. The molecule has 9 heteroatoms. The summed E-state index contributed by atoms with van der Waals surface area (Å²) < 4.78 is 5.55. The van der Waals surface area contributed by atoms with Crippen LogP contribution in [0.4, 0.5) is 22.1 Å². The first-order chi connectivity index (χ1) is 16.7. The van der Waals surface area contributed by atoms with Crippen molar-refractivity contribution in [3.63, 3.8) is 0 Å². The van der Waals surface area contributed by atoms with Crippen LogP contribution in [0.25, 0.3) is 11.1 Å². The molecule has 1 amide bonds. The number of ether oxygens (including phenoxy) is 1. The minimum absolute atomic E-state index is 0.0835. The lowest BCUT2D eigenvalue weighted by molar-refractivity contribution is 0.0112. The smallest absolute Gasteiger partial charge is 0.410 e. The van der Waals surface area contributed by atoms with E-state index >= 15 is 0 Å². The van der Waals surface area contributed by atoms with Gasteiger partial charge < -0.3 is 20.3 Å². The molecular formula is C26H31ClN6O2. The average Bonchev–Trinajstić information content (AvgIpc) is 2.79. The van der Waals surface area contributed by atoms with Gasteiger partial charge in [0.1, 0.15) is 5.60 Å². The quantitative estimate of drug-likeness (QED) is 0.440. The zero-order valence-corrected chi connectivity index (χ0v) is 21.2. The lowest BCUT2D eigenvalue weighted by atomic mass is 9.98. The number of benzene rings is 1.